The number of unbranched alkanes of at least 4 members (excludes halogenated alkanes) is 1. The van der Waals surface area contributed by atoms with Gasteiger partial charge in [-0.05, 0) is 106 Å². The smallest absolute Gasteiger partial charge is 0.390 e. The van der Waals surface area contributed by atoms with Gasteiger partial charge in [0, 0.05) is 94.7 Å². The number of nitrogens with one attached hydrogen (secondary N) is 2. The highest BCUT2D eigenvalue weighted by atomic mass is 19.4. The quantitative estimate of drug-likeness (QED) is 0.0874. The Kier molecular flexibility index (Phi) is 13.4. The second-order valence-electron chi connectivity index (χ2n) is 18.7. The lowest BCUT2D eigenvalue weighted by atomic mass is 9.93. The molecule has 1 saturated carbocycles. The number of nitrogens with zero attached hydrogens (tertiary/aromatic N) is 8. The van der Waals surface area contributed by atoms with Gasteiger partial charge in [0.15, 0.2) is 0 Å². The van der Waals surface area contributed by atoms with Crippen molar-refractivity contribution in [1.29, 1.82) is 0 Å². The van der Waals surface area contributed by atoms with Gasteiger partial charge in [-0.15, -0.1) is 0 Å². The van der Waals surface area contributed by atoms with Crippen LogP contribution in [-0.4, -0.2) is 126 Å². The van der Waals surface area contributed by atoms with Crippen LogP contribution in [0.2, 0.25) is 0 Å². The number of aliphatic hydroxyl groups is 1. The highest BCUT2D eigenvalue weighted by molar-refractivity contribution is 6.00. The van der Waals surface area contributed by atoms with E-state index in [0.717, 1.165) is 112 Å². The predicted molar refractivity (Wildman–Crippen MR) is 243 cm³/mol. The molecule has 5 aromatic rings. The molecule has 0 bridgehead atoms. The molecular weight excluding hydrogens is 838 g/mol. The Morgan fingerprint density at radius 2 is 1.63 bits per heavy atom. The molecule has 9 rings (SSSR count). The number of halogens is 3. The fraction of sp³-hybridized carbons (Fsp3) is 0.562. The number of carbonyl (C=O) groups is 2. The highest BCUT2D eigenvalue weighted by Gasteiger charge is 2.32. The number of anilines is 1. The van der Waals surface area contributed by atoms with Crippen LogP contribution in [-0.2, 0) is 29.6 Å². The average Bonchev–Trinajstić information content (AvgIpc) is 3.79. The topological polar surface area (TPSA) is 146 Å². The van der Waals surface area contributed by atoms with Gasteiger partial charge in [0.05, 0.1) is 23.6 Å². The number of fused-ring (bicyclic) bond motifs is 2. The van der Waals surface area contributed by atoms with Crippen molar-refractivity contribution in [3.8, 4) is 11.1 Å². The first-order chi connectivity index (χ1) is 31.4. The molecule has 17 heteroatoms. The Morgan fingerprint density at radius 3 is 2.38 bits per heavy atom. The number of likely N-dealkylation sites (tertiary alicyclic amines) is 1. The lowest BCUT2D eigenvalue weighted by molar-refractivity contribution is -0.136. The van der Waals surface area contributed by atoms with Crippen molar-refractivity contribution in [3.63, 3.8) is 0 Å². The van der Waals surface area contributed by atoms with Crippen molar-refractivity contribution in [2.75, 3.05) is 57.7 Å². The Bertz CT molecular complexity index is 2540. The fourth-order valence-corrected chi connectivity index (χ4v) is 10.6. The van der Waals surface area contributed by atoms with Gasteiger partial charge in [-0.1, -0.05) is 30.3 Å². The van der Waals surface area contributed by atoms with E-state index < -0.39 is 24.5 Å². The second kappa shape index (κ2) is 19.4. The van der Waals surface area contributed by atoms with Crippen molar-refractivity contribution in [3.05, 3.63) is 76.5 Å². The number of piperidine rings is 2. The summed E-state index contributed by atoms with van der Waals surface area (Å²) in [6, 6.07) is 14.8. The van der Waals surface area contributed by atoms with Crippen LogP contribution in [0.5, 0.6) is 0 Å². The van der Waals surface area contributed by atoms with E-state index in [0.29, 0.717) is 31.0 Å². The molecule has 4 fully saturated rings. The molecule has 348 valence electrons. The van der Waals surface area contributed by atoms with Gasteiger partial charge in [-0.3, -0.25) is 33.8 Å². The monoisotopic (exact) mass is 898 g/mol. The van der Waals surface area contributed by atoms with Crippen LogP contribution < -0.4 is 16.3 Å². The van der Waals surface area contributed by atoms with Crippen LogP contribution in [0, 0.1) is 0 Å². The summed E-state index contributed by atoms with van der Waals surface area (Å²) in [4.78, 5) is 54.4. The molecule has 3 saturated heterocycles. The second-order valence-corrected chi connectivity index (χ2v) is 18.7. The number of hydrogen-bond donors (Lipinski definition) is 3. The van der Waals surface area contributed by atoms with Crippen LogP contribution >= 0.6 is 0 Å². The summed E-state index contributed by atoms with van der Waals surface area (Å²) in [5, 5.41) is 16.1. The first kappa shape index (κ1) is 45.1. The first-order valence-electron chi connectivity index (χ1n) is 23.5. The average molecular weight is 899 g/mol. The molecule has 3 aliphatic heterocycles. The number of benzene rings is 2. The minimum atomic E-state index is -4.26. The van der Waals surface area contributed by atoms with Crippen molar-refractivity contribution in [1.82, 2.24) is 43.7 Å². The maximum atomic E-state index is 13.2. The first-order valence-corrected chi connectivity index (χ1v) is 23.5. The molecule has 6 heterocycles. The van der Waals surface area contributed by atoms with Crippen molar-refractivity contribution >= 4 is 39.8 Å². The number of alkyl halides is 3. The molecule has 2 aromatic carbocycles. The van der Waals surface area contributed by atoms with Crippen LogP contribution in [0.3, 0.4) is 0 Å². The number of rotatable bonds is 14. The molecule has 0 radical (unpaired) electrons. The van der Waals surface area contributed by atoms with E-state index in [2.05, 4.69) is 77.5 Å². The van der Waals surface area contributed by atoms with Crippen LogP contribution in [0.25, 0.3) is 33.2 Å². The number of aryl methyl sites for hydroxylation is 2. The molecule has 0 spiro atoms. The molecule has 2 atom stereocenters. The Hall–Kier alpha value is -5.10. The van der Waals surface area contributed by atoms with Gasteiger partial charge in [-0.25, -0.2) is 9.78 Å². The number of amides is 2. The zero-order valence-corrected chi connectivity index (χ0v) is 37.2. The summed E-state index contributed by atoms with van der Waals surface area (Å²) >= 11 is 0. The number of carbonyl (C=O) groups excluding carboxylic acids is 2. The SMILES string of the molecule is Cn1c(=O)n(C2CCC(=O)NC2=O)c2ccc(CCCCN3CCCC(N4CCN(Cc5ccc(-c6cn([C@H]7CC[C@H](O)CC7)c7nc(NCCC(F)(F)F)ncc67)cc5)CC4)C3)cc21. The van der Waals surface area contributed by atoms with E-state index in [1.807, 2.05) is 6.07 Å². The molecular formula is C48H61F3N10O4. The summed E-state index contributed by atoms with van der Waals surface area (Å²) in [6.45, 7) is 8.03. The molecule has 3 N–H and O–H groups in total. The zero-order chi connectivity index (χ0) is 45.2. The number of aliphatic hydroxyl groups excluding tert-OH is 1. The Labute approximate surface area is 376 Å². The van der Waals surface area contributed by atoms with E-state index >= 15 is 0 Å². The van der Waals surface area contributed by atoms with E-state index in [9.17, 15) is 32.7 Å². The number of hydrogen-bond acceptors (Lipinski definition) is 10. The molecule has 65 heavy (non-hydrogen) atoms. The van der Waals surface area contributed by atoms with E-state index in [4.69, 9.17) is 4.98 Å². The third-order valence-corrected chi connectivity index (χ3v) is 14.3. The van der Waals surface area contributed by atoms with E-state index in [1.54, 1.807) is 17.8 Å². The third kappa shape index (κ3) is 10.3. The van der Waals surface area contributed by atoms with Crippen molar-refractivity contribution in [2.45, 2.75) is 114 Å². The predicted octanol–water partition coefficient (Wildman–Crippen LogP) is 6.17. The maximum Gasteiger partial charge on any atom is 0.390 e. The van der Waals surface area contributed by atoms with Crippen molar-refractivity contribution < 1.29 is 27.9 Å². The van der Waals surface area contributed by atoms with Gasteiger partial charge < -0.3 is 19.9 Å². The summed E-state index contributed by atoms with van der Waals surface area (Å²) in [5.41, 5.74) is 6.42. The molecule has 2 unspecified atom stereocenters. The van der Waals surface area contributed by atoms with Gasteiger partial charge in [0.1, 0.15) is 11.7 Å². The normalized spacial score (nSPS) is 23.1. The van der Waals surface area contributed by atoms with Crippen LogP contribution in [0.1, 0.15) is 93.8 Å². The number of aromatic nitrogens is 5. The van der Waals surface area contributed by atoms with Gasteiger partial charge in [0.2, 0.25) is 17.8 Å². The van der Waals surface area contributed by atoms with Gasteiger partial charge in [0.25, 0.3) is 0 Å². The van der Waals surface area contributed by atoms with Gasteiger partial charge in [-0.2, -0.15) is 18.2 Å². The summed E-state index contributed by atoms with van der Waals surface area (Å²) in [5.74, 6) is -0.536. The summed E-state index contributed by atoms with van der Waals surface area (Å²) in [7, 11) is 1.74. The number of imide groups is 1. The van der Waals surface area contributed by atoms with Crippen LogP contribution in [0.4, 0.5) is 19.1 Å². The van der Waals surface area contributed by atoms with Gasteiger partial charge >= 0.3 is 11.9 Å². The molecule has 14 nitrogen and oxygen atoms in total. The molecule has 1 aliphatic carbocycles. The number of imidazole rings is 1. The molecule has 4 aliphatic rings. The largest absolute Gasteiger partial charge is 0.393 e. The third-order valence-electron chi connectivity index (χ3n) is 14.3. The lowest BCUT2D eigenvalue weighted by Gasteiger charge is -2.43. The summed E-state index contributed by atoms with van der Waals surface area (Å²) in [6.07, 6.45) is 7.33. The number of piperazine rings is 1. The fourth-order valence-electron chi connectivity index (χ4n) is 10.6. The molecule has 3 aromatic heterocycles. The highest BCUT2D eigenvalue weighted by Crippen LogP contribution is 2.37. The zero-order valence-electron chi connectivity index (χ0n) is 37.2. The minimum absolute atomic E-state index is 0.137. The summed E-state index contributed by atoms with van der Waals surface area (Å²) < 4.78 is 43.8. The minimum Gasteiger partial charge on any atom is -0.393 e. The lowest BCUT2D eigenvalue weighted by Crippen LogP contribution is -2.54. The standard InChI is InChI=1S/C48H61F3N10O4/c1-56-42-27-32(9-16-40(42)61(47(56)65)41-17-18-43(63)54-45(41)64)5-2-3-21-57-22-4-6-36(30-57)59-25-23-58(24-26-59)29-33-7-10-34(11-8-33)39-31-60(35-12-14-37(62)15-13-35)44-38(39)28-53-46(55-44)52-20-19-48(49,50)51/h7-11,16,27-28,31,35-37,41,62H,2-6,12-15,17-26,29-30H2,1H3,(H,52,53,55)(H,54,63,64)/t35-,36?,37-,41?. The Morgan fingerprint density at radius 1 is 0.862 bits per heavy atom. The maximum absolute atomic E-state index is 13.2. The van der Waals surface area contributed by atoms with E-state index in [-0.39, 0.29) is 42.7 Å². The molecule has 2 amide bonds. The van der Waals surface area contributed by atoms with Crippen molar-refractivity contribution in [2.24, 2.45) is 7.05 Å². The Balaban J connectivity index is 0.750. The van der Waals surface area contributed by atoms with E-state index in [1.165, 1.54) is 28.5 Å². The van der Waals surface area contributed by atoms with Crippen LogP contribution in [0.15, 0.2) is 59.7 Å².